The summed E-state index contributed by atoms with van der Waals surface area (Å²) in [5, 5.41) is -0.206. The summed E-state index contributed by atoms with van der Waals surface area (Å²) in [6.45, 7) is 5.67. The molecule has 5 heteroatoms. The number of halogens is 2. The highest BCUT2D eigenvalue weighted by molar-refractivity contribution is 6.20. The summed E-state index contributed by atoms with van der Waals surface area (Å²) in [5.41, 5.74) is 1.63. The Morgan fingerprint density at radius 2 is 2.05 bits per heavy atom. The maximum atomic E-state index is 13.6. The predicted octanol–water partition coefficient (Wildman–Crippen LogP) is 4.46. The van der Waals surface area contributed by atoms with Gasteiger partial charge in [-0.3, -0.25) is 0 Å². The van der Waals surface area contributed by atoms with E-state index in [1.54, 1.807) is 12.1 Å². The predicted molar refractivity (Wildman–Crippen MR) is 82.2 cm³/mol. The van der Waals surface area contributed by atoms with Crippen LogP contribution in [0.4, 0.5) is 4.39 Å². The number of hydrogen-bond donors (Lipinski definition) is 0. The zero-order valence-electron chi connectivity index (χ0n) is 12.4. The number of fused-ring (bicyclic) bond motifs is 1. The smallest absolute Gasteiger partial charge is 0.127 e. The molecule has 0 bridgehead atoms. The number of rotatable bonds is 3. The number of nitrogens with zero attached hydrogens (tertiary/aromatic N) is 2. The average Bonchev–Trinajstić information content (AvgIpc) is 2.86. The van der Waals surface area contributed by atoms with Crippen molar-refractivity contribution in [3.05, 3.63) is 29.8 Å². The van der Waals surface area contributed by atoms with Crippen molar-refractivity contribution in [2.75, 3.05) is 13.2 Å². The lowest BCUT2D eigenvalue weighted by atomic mass is 9.92. The molecule has 1 aliphatic rings. The van der Waals surface area contributed by atoms with Gasteiger partial charge < -0.3 is 9.30 Å². The van der Waals surface area contributed by atoms with Gasteiger partial charge in [0.05, 0.1) is 16.4 Å². The van der Waals surface area contributed by atoms with E-state index in [0.29, 0.717) is 5.92 Å². The molecule has 0 saturated carbocycles. The zero-order valence-corrected chi connectivity index (χ0v) is 13.1. The van der Waals surface area contributed by atoms with E-state index in [2.05, 4.69) is 16.5 Å². The monoisotopic (exact) mass is 310 g/mol. The standard InChI is InChI=1S/C16H20ClFN2O/c1-10(17)16-19-14-4-3-13(18)9-15(14)20(16)11(2)12-5-7-21-8-6-12/h3-4,9-12H,5-8H2,1-2H3. The molecule has 1 fully saturated rings. The minimum absolute atomic E-state index is 0.206. The molecular formula is C16H20ClFN2O. The first-order valence-corrected chi connectivity index (χ1v) is 7.90. The molecular weight excluding hydrogens is 291 g/mol. The van der Waals surface area contributed by atoms with Crippen LogP contribution >= 0.6 is 11.6 Å². The topological polar surface area (TPSA) is 27.1 Å². The van der Waals surface area contributed by atoms with E-state index in [4.69, 9.17) is 16.3 Å². The van der Waals surface area contributed by atoms with Gasteiger partial charge in [0.15, 0.2) is 0 Å². The third-order valence-electron chi connectivity index (χ3n) is 4.39. The highest BCUT2D eigenvalue weighted by Gasteiger charge is 2.26. The summed E-state index contributed by atoms with van der Waals surface area (Å²) in [7, 11) is 0. The van der Waals surface area contributed by atoms with Crippen LogP contribution in [0.5, 0.6) is 0 Å². The number of imidazole rings is 1. The van der Waals surface area contributed by atoms with E-state index in [0.717, 1.165) is 42.9 Å². The number of aromatic nitrogens is 2. The van der Waals surface area contributed by atoms with Gasteiger partial charge in [0.1, 0.15) is 11.6 Å². The van der Waals surface area contributed by atoms with E-state index in [1.165, 1.54) is 6.07 Å². The first-order chi connectivity index (χ1) is 10.1. The van der Waals surface area contributed by atoms with Crippen molar-refractivity contribution >= 4 is 22.6 Å². The van der Waals surface area contributed by atoms with Gasteiger partial charge in [0.25, 0.3) is 0 Å². The second kappa shape index (κ2) is 5.93. The van der Waals surface area contributed by atoms with Crippen molar-refractivity contribution in [1.82, 2.24) is 9.55 Å². The van der Waals surface area contributed by atoms with E-state index in [-0.39, 0.29) is 17.2 Å². The molecule has 0 radical (unpaired) electrons. The molecule has 0 spiro atoms. The summed E-state index contributed by atoms with van der Waals surface area (Å²) in [6, 6.07) is 4.96. The Kier molecular flexibility index (Phi) is 4.18. The molecule has 2 heterocycles. The number of ether oxygens (including phenoxy) is 1. The van der Waals surface area contributed by atoms with E-state index in [1.807, 2.05) is 6.92 Å². The Morgan fingerprint density at radius 3 is 2.71 bits per heavy atom. The van der Waals surface area contributed by atoms with Crippen LogP contribution in [-0.4, -0.2) is 22.8 Å². The van der Waals surface area contributed by atoms with Crippen LogP contribution in [0.15, 0.2) is 18.2 Å². The fraction of sp³-hybridized carbons (Fsp3) is 0.562. The van der Waals surface area contributed by atoms with Gasteiger partial charge in [-0.15, -0.1) is 11.6 Å². The molecule has 114 valence electrons. The van der Waals surface area contributed by atoms with Crippen molar-refractivity contribution in [2.24, 2.45) is 5.92 Å². The van der Waals surface area contributed by atoms with Crippen LogP contribution < -0.4 is 0 Å². The van der Waals surface area contributed by atoms with Gasteiger partial charge >= 0.3 is 0 Å². The van der Waals surface area contributed by atoms with Crippen molar-refractivity contribution < 1.29 is 9.13 Å². The lowest BCUT2D eigenvalue weighted by Gasteiger charge is -2.30. The fourth-order valence-electron chi connectivity index (χ4n) is 3.20. The summed E-state index contributed by atoms with van der Waals surface area (Å²) in [5.74, 6) is 1.08. The van der Waals surface area contributed by atoms with Gasteiger partial charge in [-0.05, 0) is 50.8 Å². The summed E-state index contributed by atoms with van der Waals surface area (Å²) in [6.07, 6.45) is 2.04. The molecule has 0 aliphatic carbocycles. The van der Waals surface area contributed by atoms with Crippen LogP contribution in [0.3, 0.4) is 0 Å². The molecule has 3 rings (SSSR count). The quantitative estimate of drug-likeness (QED) is 0.782. The molecule has 3 nitrogen and oxygen atoms in total. The van der Waals surface area contributed by atoms with Crippen LogP contribution in [0, 0.1) is 11.7 Å². The second-order valence-electron chi connectivity index (χ2n) is 5.78. The first-order valence-electron chi connectivity index (χ1n) is 7.47. The van der Waals surface area contributed by atoms with Gasteiger partial charge in [-0.25, -0.2) is 9.37 Å². The molecule has 1 aromatic heterocycles. The largest absolute Gasteiger partial charge is 0.381 e. The van der Waals surface area contributed by atoms with E-state index in [9.17, 15) is 4.39 Å². The summed E-state index contributed by atoms with van der Waals surface area (Å²) in [4.78, 5) is 4.60. The third-order valence-corrected chi connectivity index (χ3v) is 4.59. The van der Waals surface area contributed by atoms with Crippen LogP contribution in [0.2, 0.25) is 0 Å². The van der Waals surface area contributed by atoms with E-state index >= 15 is 0 Å². The van der Waals surface area contributed by atoms with Gasteiger partial charge in [0, 0.05) is 19.3 Å². The lowest BCUT2D eigenvalue weighted by molar-refractivity contribution is 0.0515. The molecule has 2 unspecified atom stereocenters. The van der Waals surface area contributed by atoms with Crippen molar-refractivity contribution in [1.29, 1.82) is 0 Å². The molecule has 0 N–H and O–H groups in total. The van der Waals surface area contributed by atoms with Crippen molar-refractivity contribution in [3.8, 4) is 0 Å². The van der Waals surface area contributed by atoms with Gasteiger partial charge in [0.2, 0.25) is 0 Å². The molecule has 2 aromatic rings. The summed E-state index contributed by atoms with van der Waals surface area (Å²) >= 11 is 6.30. The van der Waals surface area contributed by atoms with Crippen LogP contribution in [0.1, 0.15) is 43.9 Å². The highest BCUT2D eigenvalue weighted by Crippen LogP contribution is 2.34. The SMILES string of the molecule is CC(Cl)c1nc2ccc(F)cc2n1C(C)C1CCOCC1. The molecule has 1 aliphatic heterocycles. The first kappa shape index (κ1) is 14.8. The van der Waals surface area contributed by atoms with E-state index < -0.39 is 0 Å². The zero-order chi connectivity index (χ0) is 15.0. The lowest BCUT2D eigenvalue weighted by Crippen LogP contribution is -2.25. The maximum Gasteiger partial charge on any atom is 0.127 e. The Labute approximate surface area is 129 Å². The molecule has 21 heavy (non-hydrogen) atoms. The number of alkyl halides is 1. The summed E-state index contributed by atoms with van der Waals surface area (Å²) < 4.78 is 21.2. The minimum atomic E-state index is -0.239. The van der Waals surface area contributed by atoms with Gasteiger partial charge in [-0.2, -0.15) is 0 Å². The normalized spacial score (nSPS) is 19.8. The fourth-order valence-corrected chi connectivity index (χ4v) is 3.36. The number of benzene rings is 1. The minimum Gasteiger partial charge on any atom is -0.381 e. The van der Waals surface area contributed by atoms with Gasteiger partial charge in [-0.1, -0.05) is 0 Å². The number of hydrogen-bond acceptors (Lipinski definition) is 2. The second-order valence-corrected chi connectivity index (χ2v) is 6.43. The molecule has 2 atom stereocenters. The Balaban J connectivity index is 2.09. The van der Waals surface area contributed by atoms with Crippen LogP contribution in [0.25, 0.3) is 11.0 Å². The van der Waals surface area contributed by atoms with Crippen molar-refractivity contribution in [3.63, 3.8) is 0 Å². The molecule has 1 saturated heterocycles. The Bertz CT molecular complexity index is 634. The van der Waals surface area contributed by atoms with Crippen molar-refractivity contribution in [2.45, 2.75) is 38.1 Å². The average molecular weight is 311 g/mol. The third kappa shape index (κ3) is 2.79. The van der Waals surface area contributed by atoms with Crippen LogP contribution in [-0.2, 0) is 4.74 Å². The Hall–Kier alpha value is -1.13. The molecule has 1 aromatic carbocycles. The molecule has 0 amide bonds. The highest BCUT2D eigenvalue weighted by atomic mass is 35.5. The maximum absolute atomic E-state index is 13.6. The Morgan fingerprint density at radius 1 is 1.33 bits per heavy atom.